The molecule has 1 N–H and O–H groups in total. The minimum atomic E-state index is -4.04. The van der Waals surface area contributed by atoms with E-state index in [0.717, 1.165) is 18.4 Å². The van der Waals surface area contributed by atoms with E-state index in [1.165, 1.54) is 7.11 Å². The quantitative estimate of drug-likeness (QED) is 0.648. The molecule has 6 nitrogen and oxygen atoms in total. The van der Waals surface area contributed by atoms with Crippen LogP contribution in [0.15, 0.2) is 53.4 Å². The Hall–Kier alpha value is -2.38. The Morgan fingerprint density at radius 1 is 1.10 bits per heavy atom. The maximum Gasteiger partial charge on any atom is 0.326 e. The summed E-state index contributed by atoms with van der Waals surface area (Å²) in [6.07, 6.45) is 2.66. The molecule has 0 amide bonds. The lowest BCUT2D eigenvalue weighted by atomic mass is 9.83. The van der Waals surface area contributed by atoms with Gasteiger partial charge in [-0.3, -0.25) is 10.1 Å². The zero-order chi connectivity index (χ0) is 22.6. The van der Waals surface area contributed by atoms with E-state index in [9.17, 15) is 13.2 Å². The van der Waals surface area contributed by atoms with Gasteiger partial charge in [-0.15, -0.1) is 0 Å². The lowest BCUT2D eigenvalue weighted by molar-refractivity contribution is -0.142. The van der Waals surface area contributed by atoms with Gasteiger partial charge in [-0.1, -0.05) is 57.0 Å². The van der Waals surface area contributed by atoms with Crippen LogP contribution in [0, 0.1) is 0 Å². The van der Waals surface area contributed by atoms with Gasteiger partial charge < -0.3 is 9.47 Å². The van der Waals surface area contributed by atoms with Gasteiger partial charge in [0.15, 0.2) is 15.1 Å². The number of sulfone groups is 1. The third kappa shape index (κ3) is 4.21. The van der Waals surface area contributed by atoms with Crippen molar-refractivity contribution in [3.8, 4) is 5.75 Å². The van der Waals surface area contributed by atoms with Gasteiger partial charge in [0.05, 0.1) is 25.2 Å². The van der Waals surface area contributed by atoms with Crippen LogP contribution in [0.5, 0.6) is 5.75 Å². The van der Waals surface area contributed by atoms with Crippen LogP contribution in [0.3, 0.4) is 0 Å². The van der Waals surface area contributed by atoms with Gasteiger partial charge in [0.1, 0.15) is 5.75 Å². The molecule has 31 heavy (non-hydrogen) atoms. The molecule has 1 aliphatic rings. The largest absolute Gasteiger partial charge is 0.497 e. The number of methoxy groups -OCH3 is 2. The SMILES string of the molecule is CCCC[C@@]1(CC)N[C@H](c2ccccc2)c2cc(OC)ccc2S(=O)(=O)C1C(=O)OC. The summed E-state index contributed by atoms with van der Waals surface area (Å²) in [4.78, 5) is 13.1. The fourth-order valence-corrected chi connectivity index (χ4v) is 6.84. The van der Waals surface area contributed by atoms with E-state index in [0.29, 0.717) is 24.2 Å². The summed E-state index contributed by atoms with van der Waals surface area (Å²) in [6.45, 7) is 3.97. The standard InChI is InChI=1S/C24H31NO5S/c1-5-7-15-24(6-2)22(23(26)30-4)31(27,28)20-14-13-18(29-3)16-19(20)21(25-24)17-11-9-8-10-12-17/h8-14,16,21-22,25H,5-7,15H2,1-4H3/t21-,22?,24-/m1/s1. The monoisotopic (exact) mass is 445 g/mol. The van der Waals surface area contributed by atoms with Crippen LogP contribution in [0.2, 0.25) is 0 Å². The van der Waals surface area contributed by atoms with Gasteiger partial charge in [0.2, 0.25) is 0 Å². The molecular formula is C24H31NO5S. The molecule has 2 aromatic rings. The highest BCUT2D eigenvalue weighted by molar-refractivity contribution is 7.93. The number of benzene rings is 2. The first-order valence-corrected chi connectivity index (χ1v) is 12.2. The second-order valence-corrected chi connectivity index (χ2v) is 9.95. The number of carbonyl (C=O) groups excluding carboxylic acids is 1. The molecule has 2 aromatic carbocycles. The molecule has 0 fully saturated rings. The summed E-state index contributed by atoms with van der Waals surface area (Å²) in [5, 5.41) is 2.28. The van der Waals surface area contributed by atoms with Crippen molar-refractivity contribution in [1.29, 1.82) is 0 Å². The van der Waals surface area contributed by atoms with Crippen molar-refractivity contribution in [3.05, 3.63) is 59.7 Å². The minimum absolute atomic E-state index is 0.136. The number of esters is 1. The number of hydrogen-bond donors (Lipinski definition) is 1. The summed E-state index contributed by atoms with van der Waals surface area (Å²) in [5.74, 6) is -0.176. The average molecular weight is 446 g/mol. The molecule has 0 aliphatic carbocycles. The molecule has 168 valence electrons. The zero-order valence-electron chi connectivity index (χ0n) is 18.6. The summed E-state index contributed by atoms with van der Waals surface area (Å²) in [6, 6.07) is 14.2. The van der Waals surface area contributed by atoms with Gasteiger partial charge in [0, 0.05) is 5.54 Å². The summed E-state index contributed by atoms with van der Waals surface area (Å²) >= 11 is 0. The number of fused-ring (bicyclic) bond motifs is 1. The number of ether oxygens (including phenoxy) is 2. The van der Waals surface area contributed by atoms with Crippen molar-refractivity contribution in [3.63, 3.8) is 0 Å². The van der Waals surface area contributed by atoms with E-state index in [-0.39, 0.29) is 4.90 Å². The van der Waals surface area contributed by atoms with E-state index in [4.69, 9.17) is 9.47 Å². The van der Waals surface area contributed by atoms with Crippen molar-refractivity contribution in [2.45, 2.75) is 61.3 Å². The second-order valence-electron chi connectivity index (χ2n) is 7.95. The van der Waals surface area contributed by atoms with Gasteiger partial charge in [-0.25, -0.2) is 8.42 Å². The van der Waals surface area contributed by atoms with Crippen LogP contribution >= 0.6 is 0 Å². The fourth-order valence-electron chi connectivity index (χ4n) is 4.53. The molecule has 1 unspecified atom stereocenters. The van der Waals surface area contributed by atoms with Gasteiger partial charge in [0.25, 0.3) is 0 Å². The van der Waals surface area contributed by atoms with E-state index < -0.39 is 32.6 Å². The number of unbranched alkanes of at least 4 members (excludes halogenated alkanes) is 1. The molecule has 3 rings (SSSR count). The molecule has 0 radical (unpaired) electrons. The summed E-state index contributed by atoms with van der Waals surface area (Å²) < 4.78 is 38.3. The highest BCUT2D eigenvalue weighted by atomic mass is 32.2. The fraction of sp³-hybridized carbons (Fsp3) is 0.458. The number of nitrogens with one attached hydrogen (secondary N) is 1. The first-order chi connectivity index (χ1) is 14.8. The van der Waals surface area contributed by atoms with E-state index in [1.54, 1.807) is 25.3 Å². The molecular weight excluding hydrogens is 414 g/mol. The van der Waals surface area contributed by atoms with Crippen molar-refractivity contribution in [1.82, 2.24) is 5.32 Å². The summed E-state index contributed by atoms with van der Waals surface area (Å²) in [7, 11) is -1.25. The first kappa shape index (κ1) is 23.3. The lowest BCUT2D eigenvalue weighted by Gasteiger charge is -2.40. The van der Waals surface area contributed by atoms with Crippen molar-refractivity contribution < 1.29 is 22.7 Å². The summed E-state index contributed by atoms with van der Waals surface area (Å²) in [5.41, 5.74) is 0.521. The zero-order valence-corrected chi connectivity index (χ0v) is 19.4. The third-order valence-electron chi connectivity index (χ3n) is 6.23. The lowest BCUT2D eigenvalue weighted by Crippen LogP contribution is -2.59. The highest BCUT2D eigenvalue weighted by Gasteiger charge is 2.54. The molecule has 0 saturated heterocycles. The minimum Gasteiger partial charge on any atom is -0.497 e. The van der Waals surface area contributed by atoms with Gasteiger partial charge in [-0.2, -0.15) is 0 Å². The third-order valence-corrected chi connectivity index (χ3v) is 8.48. The molecule has 0 bridgehead atoms. The maximum absolute atomic E-state index is 14.0. The second kappa shape index (κ2) is 9.40. The molecule has 7 heteroatoms. The highest BCUT2D eigenvalue weighted by Crippen LogP contribution is 2.43. The Kier molecular flexibility index (Phi) is 7.06. The number of rotatable bonds is 7. The Balaban J connectivity index is 2.36. The number of hydrogen-bond acceptors (Lipinski definition) is 6. The van der Waals surface area contributed by atoms with Crippen LogP contribution in [0.4, 0.5) is 0 Å². The van der Waals surface area contributed by atoms with E-state index in [1.807, 2.05) is 37.3 Å². The first-order valence-electron chi connectivity index (χ1n) is 10.7. The molecule has 0 aromatic heterocycles. The van der Waals surface area contributed by atoms with E-state index in [2.05, 4.69) is 12.2 Å². The van der Waals surface area contributed by atoms with Crippen LogP contribution in [0.1, 0.15) is 56.7 Å². The molecule has 1 heterocycles. The van der Waals surface area contributed by atoms with E-state index >= 15 is 0 Å². The normalized spacial score (nSPS) is 24.6. The molecule has 0 spiro atoms. The predicted octanol–water partition coefficient (Wildman–Crippen LogP) is 4.04. The van der Waals surface area contributed by atoms with Crippen molar-refractivity contribution in [2.75, 3.05) is 14.2 Å². The molecule has 3 atom stereocenters. The Morgan fingerprint density at radius 3 is 2.39 bits per heavy atom. The van der Waals surface area contributed by atoms with Gasteiger partial charge in [-0.05, 0) is 42.2 Å². The Morgan fingerprint density at radius 2 is 1.81 bits per heavy atom. The maximum atomic E-state index is 14.0. The molecule has 1 aliphatic heterocycles. The van der Waals surface area contributed by atoms with Gasteiger partial charge >= 0.3 is 5.97 Å². The van der Waals surface area contributed by atoms with Crippen LogP contribution in [-0.2, 0) is 19.4 Å². The number of carbonyl (C=O) groups is 1. The Labute approximate surface area is 184 Å². The average Bonchev–Trinajstić information content (AvgIpc) is 2.88. The smallest absolute Gasteiger partial charge is 0.326 e. The van der Waals surface area contributed by atoms with Crippen molar-refractivity contribution in [2.24, 2.45) is 0 Å². The topological polar surface area (TPSA) is 81.7 Å². The van der Waals surface area contributed by atoms with Crippen LogP contribution in [-0.4, -0.2) is 39.4 Å². The molecule has 0 saturated carbocycles. The van der Waals surface area contributed by atoms with Crippen molar-refractivity contribution >= 4 is 15.8 Å². The Bertz CT molecular complexity index is 1020. The van der Waals surface area contributed by atoms with Crippen LogP contribution < -0.4 is 10.1 Å². The van der Waals surface area contributed by atoms with Crippen LogP contribution in [0.25, 0.3) is 0 Å². The predicted molar refractivity (Wildman–Crippen MR) is 120 cm³/mol.